The first kappa shape index (κ1) is 17.6. The first-order valence-electron chi connectivity index (χ1n) is 8.96. The normalized spacial score (nSPS) is 22.5. The molecule has 2 aliphatic rings. The van der Waals surface area contributed by atoms with Crippen LogP contribution < -0.4 is 10.1 Å². The van der Waals surface area contributed by atoms with Crippen LogP contribution >= 0.6 is 11.8 Å². The summed E-state index contributed by atoms with van der Waals surface area (Å²) in [6, 6.07) is 8.53. The molecule has 0 aromatic heterocycles. The van der Waals surface area contributed by atoms with Gasteiger partial charge >= 0.3 is 0 Å². The van der Waals surface area contributed by atoms with Gasteiger partial charge in [-0.2, -0.15) is 11.8 Å². The van der Waals surface area contributed by atoms with E-state index >= 15 is 0 Å². The van der Waals surface area contributed by atoms with Gasteiger partial charge in [-0.05, 0) is 61.7 Å². The highest BCUT2D eigenvalue weighted by molar-refractivity contribution is 7.99. The van der Waals surface area contributed by atoms with Crippen molar-refractivity contribution in [3.8, 4) is 5.75 Å². The minimum Gasteiger partial charge on any atom is -0.497 e. The Hall–Kier alpha value is -1.20. The molecule has 0 spiro atoms. The molecule has 24 heavy (non-hydrogen) atoms. The summed E-state index contributed by atoms with van der Waals surface area (Å²) >= 11 is 2.09. The van der Waals surface area contributed by atoms with Crippen LogP contribution in [-0.2, 0) is 11.2 Å². The molecule has 1 amide bonds. The Labute approximate surface area is 149 Å². The van der Waals surface area contributed by atoms with Crippen LogP contribution in [0.3, 0.4) is 0 Å². The molecule has 3 rings (SSSR count). The number of ether oxygens (including phenoxy) is 1. The molecule has 2 heterocycles. The summed E-state index contributed by atoms with van der Waals surface area (Å²) in [7, 11) is 1.65. The lowest BCUT2D eigenvalue weighted by Crippen LogP contribution is -2.43. The summed E-state index contributed by atoms with van der Waals surface area (Å²) in [5.41, 5.74) is 1.00. The van der Waals surface area contributed by atoms with Crippen LogP contribution in [0.15, 0.2) is 24.3 Å². The topological polar surface area (TPSA) is 41.6 Å². The van der Waals surface area contributed by atoms with Crippen molar-refractivity contribution in [3.63, 3.8) is 0 Å². The van der Waals surface area contributed by atoms with E-state index in [-0.39, 0.29) is 5.91 Å². The first-order chi connectivity index (χ1) is 11.7. The van der Waals surface area contributed by atoms with Crippen molar-refractivity contribution in [2.75, 3.05) is 38.2 Å². The monoisotopic (exact) mass is 348 g/mol. The molecule has 0 saturated carbocycles. The lowest BCUT2D eigenvalue weighted by atomic mass is 9.95. The zero-order chi connectivity index (χ0) is 16.8. The minimum absolute atomic E-state index is 0.109. The van der Waals surface area contributed by atoms with Crippen molar-refractivity contribution in [2.45, 2.75) is 31.7 Å². The molecule has 1 N–H and O–H groups in total. The van der Waals surface area contributed by atoms with E-state index in [1.165, 1.54) is 43.9 Å². The smallest absolute Gasteiger partial charge is 0.224 e. The molecule has 0 aliphatic carbocycles. The molecule has 0 radical (unpaired) electrons. The van der Waals surface area contributed by atoms with E-state index in [0.717, 1.165) is 23.9 Å². The number of rotatable bonds is 6. The third-order valence-corrected chi connectivity index (χ3v) is 6.30. The standard InChI is InChI=1S/C19H28N2O2S/c1-23-18-4-2-3-16(11-18)12-19(22)20-13-15-5-8-21(9-6-15)17-7-10-24-14-17/h2-4,11,15,17H,5-10,12-14H2,1H3,(H,20,22). The summed E-state index contributed by atoms with van der Waals surface area (Å²) in [4.78, 5) is 14.8. The molecule has 1 atom stereocenters. The van der Waals surface area contributed by atoms with E-state index in [0.29, 0.717) is 12.3 Å². The van der Waals surface area contributed by atoms with E-state index in [1.807, 2.05) is 24.3 Å². The van der Waals surface area contributed by atoms with Crippen molar-refractivity contribution in [3.05, 3.63) is 29.8 Å². The molecule has 2 saturated heterocycles. The second kappa shape index (κ2) is 8.77. The van der Waals surface area contributed by atoms with Crippen molar-refractivity contribution >= 4 is 17.7 Å². The Morgan fingerprint density at radius 3 is 2.88 bits per heavy atom. The fraction of sp³-hybridized carbons (Fsp3) is 0.632. The highest BCUT2D eigenvalue weighted by atomic mass is 32.2. The maximum atomic E-state index is 12.2. The fourth-order valence-corrected chi connectivity index (χ4v) is 4.88. The number of methoxy groups -OCH3 is 1. The van der Waals surface area contributed by atoms with E-state index < -0.39 is 0 Å². The molecule has 1 aromatic rings. The summed E-state index contributed by atoms with van der Waals surface area (Å²) < 4.78 is 5.21. The first-order valence-corrected chi connectivity index (χ1v) is 10.1. The Morgan fingerprint density at radius 2 is 2.17 bits per heavy atom. The lowest BCUT2D eigenvalue weighted by molar-refractivity contribution is -0.120. The van der Waals surface area contributed by atoms with Crippen molar-refractivity contribution < 1.29 is 9.53 Å². The number of carbonyl (C=O) groups is 1. The number of nitrogens with zero attached hydrogens (tertiary/aromatic N) is 1. The van der Waals surface area contributed by atoms with Crippen molar-refractivity contribution in [1.82, 2.24) is 10.2 Å². The molecule has 2 fully saturated rings. The van der Waals surface area contributed by atoms with Gasteiger partial charge in [-0.15, -0.1) is 0 Å². The molecule has 0 bridgehead atoms. The number of carbonyl (C=O) groups excluding carboxylic acids is 1. The van der Waals surface area contributed by atoms with E-state index in [2.05, 4.69) is 22.0 Å². The number of hydrogen-bond acceptors (Lipinski definition) is 4. The average Bonchev–Trinajstić information content (AvgIpc) is 3.15. The Kier molecular flexibility index (Phi) is 6.44. The third kappa shape index (κ3) is 4.90. The van der Waals surface area contributed by atoms with Crippen molar-refractivity contribution in [2.24, 2.45) is 5.92 Å². The van der Waals surface area contributed by atoms with E-state index in [4.69, 9.17) is 4.74 Å². The summed E-state index contributed by atoms with van der Waals surface area (Å²) in [5.74, 6) is 4.17. The SMILES string of the molecule is COc1cccc(CC(=O)NCC2CCN(C3CCSC3)CC2)c1. The predicted octanol–water partition coefficient (Wildman–Crippen LogP) is 2.57. The Balaban J connectivity index is 1.37. The zero-order valence-corrected chi connectivity index (χ0v) is 15.3. The molecular weight excluding hydrogens is 320 g/mol. The molecule has 5 heteroatoms. The summed E-state index contributed by atoms with van der Waals surface area (Å²) in [5, 5.41) is 3.12. The number of thioether (sulfide) groups is 1. The number of nitrogens with one attached hydrogen (secondary N) is 1. The number of likely N-dealkylation sites (tertiary alicyclic amines) is 1. The van der Waals surface area contributed by atoms with Gasteiger partial charge in [0.1, 0.15) is 5.75 Å². The van der Waals surface area contributed by atoms with Gasteiger partial charge in [-0.1, -0.05) is 12.1 Å². The van der Waals surface area contributed by atoms with Gasteiger partial charge in [-0.3, -0.25) is 9.69 Å². The molecule has 4 nitrogen and oxygen atoms in total. The second-order valence-corrected chi connectivity index (χ2v) is 7.98. The largest absolute Gasteiger partial charge is 0.497 e. The quantitative estimate of drug-likeness (QED) is 0.858. The van der Waals surface area contributed by atoms with Crippen LogP contribution in [0.4, 0.5) is 0 Å². The van der Waals surface area contributed by atoms with Gasteiger partial charge < -0.3 is 10.1 Å². The van der Waals surface area contributed by atoms with Gasteiger partial charge in [0.2, 0.25) is 5.91 Å². The zero-order valence-electron chi connectivity index (χ0n) is 14.5. The second-order valence-electron chi connectivity index (χ2n) is 6.83. The third-order valence-electron chi connectivity index (χ3n) is 5.16. The van der Waals surface area contributed by atoms with E-state index in [9.17, 15) is 4.79 Å². The van der Waals surface area contributed by atoms with Gasteiger partial charge in [0.25, 0.3) is 0 Å². The minimum atomic E-state index is 0.109. The molecule has 132 valence electrons. The van der Waals surface area contributed by atoms with Crippen LogP contribution in [0.25, 0.3) is 0 Å². The van der Waals surface area contributed by atoms with Crippen LogP contribution in [0.1, 0.15) is 24.8 Å². The van der Waals surface area contributed by atoms with Gasteiger partial charge in [-0.25, -0.2) is 0 Å². The lowest BCUT2D eigenvalue weighted by Gasteiger charge is -2.35. The fourth-order valence-electron chi connectivity index (χ4n) is 3.62. The Morgan fingerprint density at radius 1 is 1.33 bits per heavy atom. The van der Waals surface area contributed by atoms with Gasteiger partial charge in [0.15, 0.2) is 0 Å². The summed E-state index contributed by atoms with van der Waals surface area (Å²) in [6.07, 6.45) is 4.20. The average molecular weight is 349 g/mol. The number of benzene rings is 1. The predicted molar refractivity (Wildman–Crippen MR) is 99.7 cm³/mol. The van der Waals surface area contributed by atoms with Crippen LogP contribution in [0.2, 0.25) is 0 Å². The highest BCUT2D eigenvalue weighted by Gasteiger charge is 2.27. The van der Waals surface area contributed by atoms with Gasteiger partial charge in [0.05, 0.1) is 13.5 Å². The Bertz CT molecular complexity index is 538. The molecule has 1 aromatic carbocycles. The highest BCUT2D eigenvalue weighted by Crippen LogP contribution is 2.26. The number of hydrogen-bond donors (Lipinski definition) is 1. The van der Waals surface area contributed by atoms with E-state index in [1.54, 1.807) is 7.11 Å². The molecule has 1 unspecified atom stereocenters. The summed E-state index contributed by atoms with van der Waals surface area (Å²) in [6.45, 7) is 3.21. The van der Waals surface area contributed by atoms with Crippen molar-refractivity contribution in [1.29, 1.82) is 0 Å². The number of piperidine rings is 1. The molecule has 2 aliphatic heterocycles. The van der Waals surface area contributed by atoms with Crippen LogP contribution in [0, 0.1) is 5.92 Å². The maximum Gasteiger partial charge on any atom is 0.224 e. The van der Waals surface area contributed by atoms with Gasteiger partial charge in [0, 0.05) is 18.3 Å². The maximum absolute atomic E-state index is 12.2. The van der Waals surface area contributed by atoms with Crippen LogP contribution in [0.5, 0.6) is 5.75 Å². The number of amides is 1. The molecular formula is C19H28N2O2S. The van der Waals surface area contributed by atoms with Crippen LogP contribution in [-0.4, -0.2) is 55.1 Å².